The maximum atomic E-state index is 5.21. The van der Waals surface area contributed by atoms with E-state index < -0.39 is 0 Å². The van der Waals surface area contributed by atoms with Crippen LogP contribution in [-0.2, 0) is 0 Å². The fourth-order valence-corrected chi connectivity index (χ4v) is 2.43. The smallest absolute Gasteiger partial charge is 0.248 e. The number of hydrogen-bond acceptors (Lipinski definition) is 5. The van der Waals surface area contributed by atoms with Crippen molar-refractivity contribution < 1.29 is 4.74 Å². The van der Waals surface area contributed by atoms with E-state index in [1.54, 1.807) is 11.8 Å². The number of aromatic nitrogens is 4. The number of benzene rings is 2. The highest BCUT2D eigenvalue weighted by Gasteiger charge is 2.14. The topological polar surface area (TPSA) is 64.9 Å². The lowest BCUT2D eigenvalue weighted by Crippen LogP contribution is -2.14. The van der Waals surface area contributed by atoms with Gasteiger partial charge in [-0.2, -0.15) is 4.68 Å². The normalized spacial score (nSPS) is 11.9. The number of ether oxygens (including phenoxy) is 1. The molecule has 1 N–H and O–H groups in total. The number of rotatable bonds is 6. The first-order valence-electron chi connectivity index (χ1n) is 7.56. The fraction of sp³-hybridized carbons (Fsp3) is 0.235. The van der Waals surface area contributed by atoms with Crippen LogP contribution in [-0.4, -0.2) is 27.3 Å². The molecule has 1 atom stereocenters. The van der Waals surface area contributed by atoms with Gasteiger partial charge in [0.1, 0.15) is 5.75 Å². The Morgan fingerprint density at radius 1 is 1.09 bits per heavy atom. The molecule has 0 aliphatic rings. The van der Waals surface area contributed by atoms with Crippen molar-refractivity contribution in [3.8, 4) is 11.4 Å². The van der Waals surface area contributed by atoms with Crippen molar-refractivity contribution >= 4 is 5.95 Å². The number of anilines is 1. The zero-order valence-electron chi connectivity index (χ0n) is 13.2. The van der Waals surface area contributed by atoms with Crippen LogP contribution in [0.2, 0.25) is 0 Å². The SMILES string of the molecule is CCC(Nc1nnnn1-c1ccccc1)c1ccc(OC)cc1. The molecule has 6 heteroatoms. The van der Waals surface area contributed by atoms with Gasteiger partial charge >= 0.3 is 0 Å². The Hall–Kier alpha value is -2.89. The van der Waals surface area contributed by atoms with Crippen molar-refractivity contribution in [2.45, 2.75) is 19.4 Å². The van der Waals surface area contributed by atoms with Gasteiger partial charge in [0.25, 0.3) is 0 Å². The maximum absolute atomic E-state index is 5.21. The van der Waals surface area contributed by atoms with Crippen LogP contribution in [0.25, 0.3) is 5.69 Å². The Morgan fingerprint density at radius 2 is 1.83 bits per heavy atom. The van der Waals surface area contributed by atoms with Gasteiger partial charge in [-0.05, 0) is 46.7 Å². The third-order valence-corrected chi connectivity index (χ3v) is 3.70. The second-order valence-electron chi connectivity index (χ2n) is 5.13. The van der Waals surface area contributed by atoms with Gasteiger partial charge in [-0.3, -0.25) is 0 Å². The van der Waals surface area contributed by atoms with Crippen LogP contribution in [0.4, 0.5) is 5.95 Å². The van der Waals surface area contributed by atoms with E-state index in [0.29, 0.717) is 5.95 Å². The highest BCUT2D eigenvalue weighted by molar-refractivity contribution is 5.41. The van der Waals surface area contributed by atoms with Crippen LogP contribution in [0.15, 0.2) is 54.6 Å². The Bertz CT molecular complexity index is 739. The maximum Gasteiger partial charge on any atom is 0.248 e. The van der Waals surface area contributed by atoms with Gasteiger partial charge in [-0.15, -0.1) is 0 Å². The van der Waals surface area contributed by atoms with Crippen LogP contribution in [0.1, 0.15) is 24.9 Å². The van der Waals surface area contributed by atoms with E-state index in [1.807, 2.05) is 42.5 Å². The summed E-state index contributed by atoms with van der Waals surface area (Å²) in [4.78, 5) is 0. The molecule has 23 heavy (non-hydrogen) atoms. The van der Waals surface area contributed by atoms with E-state index in [-0.39, 0.29) is 6.04 Å². The Labute approximate surface area is 135 Å². The molecule has 0 aliphatic carbocycles. The largest absolute Gasteiger partial charge is 0.497 e. The van der Waals surface area contributed by atoms with E-state index in [4.69, 9.17) is 4.74 Å². The highest BCUT2D eigenvalue weighted by Crippen LogP contribution is 2.24. The molecule has 118 valence electrons. The number of nitrogens with zero attached hydrogens (tertiary/aromatic N) is 4. The van der Waals surface area contributed by atoms with Gasteiger partial charge in [0.15, 0.2) is 0 Å². The minimum absolute atomic E-state index is 0.120. The molecular formula is C17H19N5O. The highest BCUT2D eigenvalue weighted by atomic mass is 16.5. The van der Waals surface area contributed by atoms with E-state index in [2.05, 4.69) is 39.9 Å². The predicted molar refractivity (Wildman–Crippen MR) is 88.8 cm³/mol. The number of hydrogen-bond donors (Lipinski definition) is 1. The lowest BCUT2D eigenvalue weighted by Gasteiger charge is -2.18. The van der Waals surface area contributed by atoms with Crippen LogP contribution in [0, 0.1) is 0 Å². The molecule has 0 radical (unpaired) electrons. The molecule has 0 fully saturated rings. The van der Waals surface area contributed by atoms with Crippen molar-refractivity contribution in [1.29, 1.82) is 0 Å². The molecule has 3 aromatic rings. The first-order valence-corrected chi connectivity index (χ1v) is 7.56. The minimum atomic E-state index is 0.120. The number of tetrazole rings is 1. The first kappa shape index (κ1) is 15.0. The molecule has 6 nitrogen and oxygen atoms in total. The molecule has 0 spiro atoms. The summed E-state index contributed by atoms with van der Waals surface area (Å²) in [5.74, 6) is 1.47. The average Bonchev–Trinajstić information content (AvgIpc) is 3.09. The zero-order valence-corrected chi connectivity index (χ0v) is 13.2. The second-order valence-corrected chi connectivity index (χ2v) is 5.13. The third-order valence-electron chi connectivity index (χ3n) is 3.70. The number of para-hydroxylation sites is 1. The summed E-state index contributed by atoms with van der Waals surface area (Å²) in [7, 11) is 1.67. The van der Waals surface area contributed by atoms with E-state index in [9.17, 15) is 0 Å². The monoisotopic (exact) mass is 309 g/mol. The predicted octanol–water partition coefficient (Wildman–Crippen LogP) is 3.23. The van der Waals surface area contributed by atoms with Crippen molar-refractivity contribution in [1.82, 2.24) is 20.2 Å². The summed E-state index contributed by atoms with van der Waals surface area (Å²) >= 11 is 0. The Morgan fingerprint density at radius 3 is 2.48 bits per heavy atom. The van der Waals surface area contributed by atoms with Gasteiger partial charge in [0.2, 0.25) is 5.95 Å². The Balaban J connectivity index is 1.84. The van der Waals surface area contributed by atoms with Crippen molar-refractivity contribution in [2.24, 2.45) is 0 Å². The van der Waals surface area contributed by atoms with Crippen LogP contribution >= 0.6 is 0 Å². The lowest BCUT2D eigenvalue weighted by atomic mass is 10.0. The summed E-state index contributed by atoms with van der Waals surface area (Å²) in [6.45, 7) is 2.12. The first-order chi connectivity index (χ1) is 11.3. The van der Waals surface area contributed by atoms with Gasteiger partial charge in [-0.1, -0.05) is 42.4 Å². The average molecular weight is 309 g/mol. The van der Waals surface area contributed by atoms with Crippen molar-refractivity contribution in [2.75, 3.05) is 12.4 Å². The summed E-state index contributed by atoms with van der Waals surface area (Å²) in [6, 6.07) is 18.0. The molecule has 0 amide bonds. The molecule has 1 heterocycles. The summed E-state index contributed by atoms with van der Waals surface area (Å²) in [6.07, 6.45) is 0.911. The molecule has 1 aromatic heterocycles. The number of nitrogens with one attached hydrogen (secondary N) is 1. The lowest BCUT2D eigenvalue weighted by molar-refractivity contribution is 0.414. The Kier molecular flexibility index (Phi) is 4.52. The second kappa shape index (κ2) is 6.91. The summed E-state index contributed by atoms with van der Waals surface area (Å²) < 4.78 is 6.91. The van der Waals surface area contributed by atoms with Gasteiger partial charge in [0.05, 0.1) is 18.8 Å². The van der Waals surface area contributed by atoms with Gasteiger partial charge in [0, 0.05) is 0 Å². The number of methoxy groups -OCH3 is 1. The van der Waals surface area contributed by atoms with Crippen molar-refractivity contribution in [3.05, 3.63) is 60.2 Å². The zero-order chi connectivity index (χ0) is 16.1. The molecule has 1 unspecified atom stereocenters. The third kappa shape index (κ3) is 3.31. The summed E-state index contributed by atoms with van der Waals surface area (Å²) in [5.41, 5.74) is 2.08. The molecule has 0 aliphatic heterocycles. The molecule has 2 aromatic carbocycles. The molecule has 0 bridgehead atoms. The van der Waals surface area contributed by atoms with Crippen molar-refractivity contribution in [3.63, 3.8) is 0 Å². The quantitative estimate of drug-likeness (QED) is 0.757. The van der Waals surface area contributed by atoms with Crippen LogP contribution in [0.3, 0.4) is 0 Å². The molecule has 0 saturated carbocycles. The van der Waals surface area contributed by atoms with E-state index >= 15 is 0 Å². The van der Waals surface area contributed by atoms with Crippen LogP contribution in [0.5, 0.6) is 5.75 Å². The molecular weight excluding hydrogens is 290 g/mol. The summed E-state index contributed by atoms with van der Waals surface area (Å²) in [5, 5.41) is 15.4. The van der Waals surface area contributed by atoms with Gasteiger partial charge < -0.3 is 10.1 Å². The molecule has 0 saturated heterocycles. The minimum Gasteiger partial charge on any atom is -0.497 e. The van der Waals surface area contributed by atoms with E-state index in [1.165, 1.54) is 0 Å². The van der Waals surface area contributed by atoms with Gasteiger partial charge in [-0.25, -0.2) is 0 Å². The van der Waals surface area contributed by atoms with Crippen LogP contribution < -0.4 is 10.1 Å². The fourth-order valence-electron chi connectivity index (χ4n) is 2.43. The van der Waals surface area contributed by atoms with E-state index in [0.717, 1.165) is 23.4 Å². The standard InChI is InChI=1S/C17H19N5O/c1-3-16(13-9-11-15(23-2)12-10-13)18-17-19-20-21-22(17)14-7-5-4-6-8-14/h4-12,16H,3H2,1-2H3,(H,18,19,21). The molecule has 3 rings (SSSR count).